The van der Waals surface area contributed by atoms with Gasteiger partial charge in [-0.3, -0.25) is 15.6 Å². The molecule has 2 heterocycles. The van der Waals surface area contributed by atoms with E-state index in [4.69, 9.17) is 4.74 Å². The van der Waals surface area contributed by atoms with Crippen molar-refractivity contribution < 1.29 is 22.7 Å². The molecule has 2 aliphatic heterocycles. The first-order chi connectivity index (χ1) is 15.3. The third-order valence-electron chi connectivity index (χ3n) is 7.69. The molecule has 0 aromatic carbocycles. The first-order valence-electron chi connectivity index (χ1n) is 12.0. The summed E-state index contributed by atoms with van der Waals surface area (Å²) in [4.78, 5) is 11.7. The van der Waals surface area contributed by atoms with Crippen LogP contribution in [0.4, 0.5) is 13.2 Å². The van der Waals surface area contributed by atoms with Gasteiger partial charge in [-0.2, -0.15) is 13.2 Å². The van der Waals surface area contributed by atoms with E-state index < -0.39 is 12.1 Å². The van der Waals surface area contributed by atoms with Crippen LogP contribution in [-0.2, 0) is 9.53 Å². The highest BCUT2D eigenvalue weighted by atomic mass is 19.4. The maximum absolute atomic E-state index is 13.1. The van der Waals surface area contributed by atoms with Gasteiger partial charge in [0.05, 0.1) is 18.6 Å². The van der Waals surface area contributed by atoms with Crippen molar-refractivity contribution in [3.05, 3.63) is 12.7 Å². The van der Waals surface area contributed by atoms with Crippen molar-refractivity contribution in [2.45, 2.75) is 87.8 Å². The molecule has 0 radical (unpaired) electrons. The summed E-state index contributed by atoms with van der Waals surface area (Å²) in [6, 6.07) is 0.742. The largest absolute Gasteiger partial charge is 0.391 e. The second kappa shape index (κ2) is 10.4. The minimum absolute atomic E-state index is 0.0434. The number of hydrazine groups is 2. The van der Waals surface area contributed by atoms with Crippen LogP contribution in [-0.4, -0.2) is 67.1 Å². The lowest BCUT2D eigenvalue weighted by Gasteiger charge is -2.41. The van der Waals surface area contributed by atoms with Gasteiger partial charge in [0.2, 0.25) is 5.91 Å². The quantitative estimate of drug-likeness (QED) is 0.437. The predicted molar refractivity (Wildman–Crippen MR) is 114 cm³/mol. The lowest BCUT2D eigenvalue weighted by atomic mass is 9.78. The molecule has 0 bridgehead atoms. The van der Waals surface area contributed by atoms with Gasteiger partial charge in [0.1, 0.15) is 0 Å². The summed E-state index contributed by atoms with van der Waals surface area (Å²) in [6.07, 6.45) is 2.64. The average molecular weight is 460 g/mol. The molecule has 2 saturated carbocycles. The van der Waals surface area contributed by atoms with Crippen LogP contribution in [0, 0.1) is 11.8 Å². The summed E-state index contributed by atoms with van der Waals surface area (Å²) in [5.74, 6) is -1.10. The lowest BCUT2D eigenvalue weighted by Crippen LogP contribution is -2.50. The van der Waals surface area contributed by atoms with Gasteiger partial charge in [0, 0.05) is 37.3 Å². The molecule has 4 aliphatic rings. The van der Waals surface area contributed by atoms with Crippen molar-refractivity contribution in [3.63, 3.8) is 0 Å². The second-order valence-electron chi connectivity index (χ2n) is 9.70. The number of nitrogens with one attached hydrogen (secondary N) is 4. The second-order valence-corrected chi connectivity index (χ2v) is 9.70. The number of rotatable bonds is 7. The minimum Gasteiger partial charge on any atom is -0.377 e. The summed E-state index contributed by atoms with van der Waals surface area (Å²) < 4.78 is 45.6. The molecular weight excluding hydrogens is 423 g/mol. The van der Waals surface area contributed by atoms with Crippen molar-refractivity contribution in [3.8, 4) is 0 Å². The Morgan fingerprint density at radius 3 is 2.59 bits per heavy atom. The van der Waals surface area contributed by atoms with Crippen LogP contribution in [0.1, 0.15) is 51.4 Å². The number of hydrogen-bond donors (Lipinski definition) is 4. The summed E-state index contributed by atoms with van der Waals surface area (Å²) in [6.45, 7) is 5.60. The van der Waals surface area contributed by atoms with E-state index in [1.165, 1.54) is 6.08 Å². The highest BCUT2D eigenvalue weighted by Crippen LogP contribution is 2.43. The first-order valence-corrected chi connectivity index (χ1v) is 12.0. The third kappa shape index (κ3) is 5.64. The van der Waals surface area contributed by atoms with E-state index in [1.54, 1.807) is 0 Å². The van der Waals surface area contributed by atoms with Crippen LogP contribution in [0.25, 0.3) is 0 Å². The van der Waals surface area contributed by atoms with E-state index in [-0.39, 0.29) is 48.9 Å². The fraction of sp³-hybridized carbons (Fsp3) is 0.864. The smallest absolute Gasteiger partial charge is 0.377 e. The molecular formula is C22H36F3N5O2. The number of halogens is 3. The maximum atomic E-state index is 13.1. The van der Waals surface area contributed by atoms with Gasteiger partial charge >= 0.3 is 6.18 Å². The highest BCUT2D eigenvalue weighted by molar-refractivity contribution is 5.86. The Morgan fingerprint density at radius 1 is 1.16 bits per heavy atom. The molecule has 2 saturated heterocycles. The molecule has 0 aromatic heterocycles. The SMILES string of the molecule is C=CC(=O)NCC1NN(C2CCC(C(F)(F)F)CC2)C2CCC(OCC3CCNN3)CC12. The average Bonchev–Trinajstić information content (AvgIpc) is 3.43. The van der Waals surface area contributed by atoms with Crippen LogP contribution in [0.5, 0.6) is 0 Å². The molecule has 4 N–H and O–H groups in total. The van der Waals surface area contributed by atoms with Crippen LogP contribution >= 0.6 is 0 Å². The van der Waals surface area contributed by atoms with Gasteiger partial charge in [0.15, 0.2) is 0 Å². The molecule has 10 heteroatoms. The topological polar surface area (TPSA) is 77.7 Å². The number of hydrogen-bond acceptors (Lipinski definition) is 6. The van der Waals surface area contributed by atoms with Gasteiger partial charge in [-0.05, 0) is 63.4 Å². The van der Waals surface area contributed by atoms with Crippen molar-refractivity contribution in [1.29, 1.82) is 0 Å². The Morgan fingerprint density at radius 2 is 1.94 bits per heavy atom. The van der Waals surface area contributed by atoms with E-state index in [1.807, 2.05) is 0 Å². The predicted octanol–water partition coefficient (Wildman–Crippen LogP) is 2.02. The van der Waals surface area contributed by atoms with Crippen molar-refractivity contribution in [2.75, 3.05) is 19.7 Å². The number of nitrogens with zero attached hydrogens (tertiary/aromatic N) is 1. The zero-order chi connectivity index (χ0) is 22.7. The van der Waals surface area contributed by atoms with E-state index in [2.05, 4.69) is 33.2 Å². The summed E-state index contributed by atoms with van der Waals surface area (Å²) in [5.41, 5.74) is 9.93. The molecule has 5 atom stereocenters. The Hall–Kier alpha value is -1.20. The fourth-order valence-electron chi connectivity index (χ4n) is 5.91. The summed E-state index contributed by atoms with van der Waals surface area (Å²) in [5, 5.41) is 5.13. The van der Waals surface area contributed by atoms with Gasteiger partial charge in [-0.25, -0.2) is 10.4 Å². The number of ether oxygens (including phenoxy) is 1. The number of carbonyl (C=O) groups is 1. The lowest BCUT2D eigenvalue weighted by molar-refractivity contribution is -0.185. The highest BCUT2D eigenvalue weighted by Gasteiger charge is 2.49. The van der Waals surface area contributed by atoms with Gasteiger partial charge in [-0.15, -0.1) is 0 Å². The zero-order valence-electron chi connectivity index (χ0n) is 18.5. The molecule has 32 heavy (non-hydrogen) atoms. The fourth-order valence-corrected chi connectivity index (χ4v) is 5.91. The van der Waals surface area contributed by atoms with Crippen molar-refractivity contribution >= 4 is 5.91 Å². The van der Waals surface area contributed by atoms with E-state index in [0.717, 1.165) is 32.2 Å². The molecule has 1 amide bonds. The number of fused-ring (bicyclic) bond motifs is 1. The Labute approximate surface area is 187 Å². The molecule has 0 spiro atoms. The zero-order valence-corrected chi connectivity index (χ0v) is 18.5. The minimum atomic E-state index is -4.09. The summed E-state index contributed by atoms with van der Waals surface area (Å²) >= 11 is 0. The van der Waals surface area contributed by atoms with E-state index >= 15 is 0 Å². The van der Waals surface area contributed by atoms with Crippen LogP contribution < -0.4 is 21.6 Å². The van der Waals surface area contributed by atoms with Crippen molar-refractivity contribution in [2.24, 2.45) is 11.8 Å². The number of alkyl halides is 3. The third-order valence-corrected chi connectivity index (χ3v) is 7.69. The standard InChI is InChI=1S/C22H36F3N5O2/c1-2-21(31)26-12-19-18-11-17(32-13-15-9-10-27-28-15)7-8-20(18)30(29-19)16-5-3-14(4-6-16)22(23,24)25/h2,14-20,27-29H,1,3-13H2,(H,26,31). The molecule has 2 aliphatic carbocycles. The van der Waals surface area contributed by atoms with Crippen LogP contribution in [0.3, 0.4) is 0 Å². The molecule has 5 unspecified atom stereocenters. The number of amides is 1. The monoisotopic (exact) mass is 459 g/mol. The van der Waals surface area contributed by atoms with Crippen LogP contribution in [0.15, 0.2) is 12.7 Å². The Balaban J connectivity index is 1.37. The molecule has 7 nitrogen and oxygen atoms in total. The molecule has 182 valence electrons. The van der Waals surface area contributed by atoms with Gasteiger partial charge in [-0.1, -0.05) is 6.58 Å². The molecule has 0 aromatic rings. The maximum Gasteiger partial charge on any atom is 0.391 e. The van der Waals surface area contributed by atoms with Crippen molar-refractivity contribution in [1.82, 2.24) is 26.6 Å². The first kappa shape index (κ1) is 23.9. The molecule has 4 fully saturated rings. The van der Waals surface area contributed by atoms with Gasteiger partial charge < -0.3 is 10.1 Å². The van der Waals surface area contributed by atoms with Crippen LogP contribution in [0.2, 0.25) is 0 Å². The summed E-state index contributed by atoms with van der Waals surface area (Å²) in [7, 11) is 0. The Kier molecular flexibility index (Phi) is 7.77. The normalized spacial score (nSPS) is 38.4. The van der Waals surface area contributed by atoms with E-state index in [0.29, 0.717) is 32.0 Å². The number of carbonyl (C=O) groups excluding carboxylic acids is 1. The molecule has 4 rings (SSSR count). The van der Waals surface area contributed by atoms with E-state index in [9.17, 15) is 18.0 Å². The Bertz CT molecular complexity index is 650. The van der Waals surface area contributed by atoms with Gasteiger partial charge in [0.25, 0.3) is 0 Å².